The topological polar surface area (TPSA) is 55.6 Å². The molecule has 4 nitrogen and oxygen atoms in total. The molecule has 0 aromatic carbocycles. The molecule has 1 aliphatic heterocycles. The third-order valence-corrected chi connectivity index (χ3v) is 2.27. The van der Waals surface area contributed by atoms with E-state index in [1.165, 1.54) is 0 Å². The molecule has 1 fully saturated rings. The molecule has 1 heterocycles. The van der Waals surface area contributed by atoms with E-state index in [-0.39, 0.29) is 17.8 Å². The van der Waals surface area contributed by atoms with E-state index < -0.39 is 5.60 Å². The van der Waals surface area contributed by atoms with Crippen molar-refractivity contribution in [3.05, 3.63) is 0 Å². The second kappa shape index (κ2) is 4.21. The number of carbonyl (C=O) groups is 1. The molecule has 15 heavy (non-hydrogen) atoms. The molecule has 0 bridgehead atoms. The van der Waals surface area contributed by atoms with E-state index in [2.05, 4.69) is 5.92 Å². The first-order valence-electron chi connectivity index (χ1n) is 5.02. The molecule has 0 aromatic rings. The Hall–Kier alpha value is -1.05. The average Bonchev–Trinajstić information content (AvgIpc) is 2.43. The maximum absolute atomic E-state index is 11.8. The van der Waals surface area contributed by atoms with Crippen LogP contribution >= 0.6 is 0 Å². The Balaban J connectivity index is 2.64. The van der Waals surface area contributed by atoms with Gasteiger partial charge in [-0.15, -0.1) is 12.3 Å². The van der Waals surface area contributed by atoms with E-state index >= 15 is 0 Å². The molecule has 1 saturated heterocycles. The molecule has 0 spiro atoms. The van der Waals surface area contributed by atoms with Crippen LogP contribution in [-0.4, -0.2) is 29.7 Å². The minimum Gasteiger partial charge on any atom is -0.460 e. The highest BCUT2D eigenvalue weighted by Gasteiger charge is 2.37. The minimum atomic E-state index is -0.474. The maximum Gasteiger partial charge on any atom is 0.312 e. The molecule has 1 rings (SSSR count). The summed E-state index contributed by atoms with van der Waals surface area (Å²) in [6, 6.07) is 0. The Morgan fingerprint density at radius 2 is 2.13 bits per heavy atom. The summed E-state index contributed by atoms with van der Waals surface area (Å²) in [5.41, 5.74) is -0.474. The fraction of sp³-hybridized carbons (Fsp3) is 0.727. The fourth-order valence-electron chi connectivity index (χ4n) is 1.62. The Labute approximate surface area is 90.7 Å². The fourth-order valence-corrected chi connectivity index (χ4v) is 1.62. The third-order valence-electron chi connectivity index (χ3n) is 2.27. The zero-order valence-electron chi connectivity index (χ0n) is 9.49. The SMILES string of the molecule is C#C[C@H]1CN(N)C[C@H]1C(=O)OC(C)(C)C. The van der Waals surface area contributed by atoms with Crippen molar-refractivity contribution in [3.63, 3.8) is 0 Å². The molecule has 0 radical (unpaired) electrons. The van der Waals surface area contributed by atoms with Crippen LogP contribution in [0.25, 0.3) is 0 Å². The molecule has 2 atom stereocenters. The van der Waals surface area contributed by atoms with E-state index in [0.717, 1.165) is 0 Å². The van der Waals surface area contributed by atoms with E-state index in [1.54, 1.807) is 5.01 Å². The molecular formula is C11H18N2O2. The Kier molecular flexibility index (Phi) is 3.38. The van der Waals surface area contributed by atoms with E-state index in [9.17, 15) is 4.79 Å². The number of nitrogens with zero attached hydrogens (tertiary/aromatic N) is 1. The van der Waals surface area contributed by atoms with Crippen molar-refractivity contribution in [3.8, 4) is 12.3 Å². The van der Waals surface area contributed by atoms with Gasteiger partial charge < -0.3 is 4.74 Å². The van der Waals surface area contributed by atoms with Gasteiger partial charge in [-0.1, -0.05) is 0 Å². The highest BCUT2D eigenvalue weighted by Crippen LogP contribution is 2.23. The van der Waals surface area contributed by atoms with Crippen molar-refractivity contribution >= 4 is 5.97 Å². The van der Waals surface area contributed by atoms with Crippen molar-refractivity contribution in [2.45, 2.75) is 26.4 Å². The summed E-state index contributed by atoms with van der Waals surface area (Å²) >= 11 is 0. The van der Waals surface area contributed by atoms with Gasteiger partial charge in [0.2, 0.25) is 0 Å². The van der Waals surface area contributed by atoms with Crippen LogP contribution in [0.2, 0.25) is 0 Å². The summed E-state index contributed by atoms with van der Waals surface area (Å²) in [6.07, 6.45) is 5.35. The lowest BCUT2D eigenvalue weighted by Gasteiger charge is -2.22. The molecule has 0 amide bonds. The van der Waals surface area contributed by atoms with Gasteiger partial charge in [-0.3, -0.25) is 10.6 Å². The van der Waals surface area contributed by atoms with Crippen LogP contribution in [0, 0.1) is 24.2 Å². The van der Waals surface area contributed by atoms with Crippen molar-refractivity contribution in [2.24, 2.45) is 17.7 Å². The molecule has 0 unspecified atom stereocenters. The number of esters is 1. The van der Waals surface area contributed by atoms with Crippen LogP contribution in [0.1, 0.15) is 20.8 Å². The van der Waals surface area contributed by atoms with Gasteiger partial charge in [0.15, 0.2) is 0 Å². The molecular weight excluding hydrogens is 192 g/mol. The summed E-state index contributed by atoms with van der Waals surface area (Å²) < 4.78 is 5.29. The van der Waals surface area contributed by atoms with Gasteiger partial charge in [0, 0.05) is 19.0 Å². The minimum absolute atomic E-state index is 0.134. The quantitative estimate of drug-likeness (QED) is 0.386. The number of hydrogen-bond acceptors (Lipinski definition) is 4. The normalized spacial score (nSPS) is 27.4. The molecule has 0 saturated carbocycles. The largest absolute Gasteiger partial charge is 0.460 e. The van der Waals surface area contributed by atoms with Crippen LogP contribution < -0.4 is 5.84 Å². The smallest absolute Gasteiger partial charge is 0.312 e. The Morgan fingerprint density at radius 3 is 2.60 bits per heavy atom. The number of ether oxygens (including phenoxy) is 1. The maximum atomic E-state index is 11.8. The zero-order valence-corrected chi connectivity index (χ0v) is 9.49. The van der Waals surface area contributed by atoms with E-state index in [1.807, 2.05) is 20.8 Å². The first-order chi connectivity index (χ1) is 6.83. The summed E-state index contributed by atoms with van der Waals surface area (Å²) in [5, 5.41) is 1.57. The summed E-state index contributed by atoms with van der Waals surface area (Å²) in [4.78, 5) is 11.8. The van der Waals surface area contributed by atoms with Crippen LogP contribution in [-0.2, 0) is 9.53 Å². The monoisotopic (exact) mass is 210 g/mol. The van der Waals surface area contributed by atoms with Crippen molar-refractivity contribution in [1.29, 1.82) is 0 Å². The van der Waals surface area contributed by atoms with Crippen LogP contribution in [0.15, 0.2) is 0 Å². The van der Waals surface area contributed by atoms with Gasteiger partial charge in [0.05, 0.1) is 5.92 Å². The third kappa shape index (κ3) is 3.22. The second-order valence-electron chi connectivity index (χ2n) is 4.87. The standard InChI is InChI=1S/C11H18N2O2/c1-5-8-6-13(12)7-9(8)10(14)15-11(2,3)4/h1,8-9H,6-7,12H2,2-4H3/t8-,9+/m0/s1. The summed E-state index contributed by atoms with van der Waals surface area (Å²) in [5.74, 6) is 7.53. The van der Waals surface area contributed by atoms with Crippen molar-refractivity contribution < 1.29 is 9.53 Å². The second-order valence-corrected chi connectivity index (χ2v) is 4.87. The number of nitrogens with two attached hydrogens (primary N) is 1. The predicted octanol–water partition coefficient (Wildman–Crippen LogP) is 0.383. The van der Waals surface area contributed by atoms with Gasteiger partial charge in [0.1, 0.15) is 5.60 Å². The highest BCUT2D eigenvalue weighted by atomic mass is 16.6. The molecule has 4 heteroatoms. The number of rotatable bonds is 1. The summed E-state index contributed by atoms with van der Waals surface area (Å²) in [6.45, 7) is 6.55. The first kappa shape index (κ1) is 12.0. The average molecular weight is 210 g/mol. The summed E-state index contributed by atoms with van der Waals surface area (Å²) in [7, 11) is 0. The number of terminal acetylenes is 1. The molecule has 84 valence electrons. The number of hydrazine groups is 1. The zero-order chi connectivity index (χ0) is 11.6. The number of hydrogen-bond donors (Lipinski definition) is 1. The molecule has 1 aliphatic rings. The van der Waals surface area contributed by atoms with Gasteiger partial charge in [-0.2, -0.15) is 0 Å². The Bertz CT molecular complexity index is 288. The first-order valence-corrected chi connectivity index (χ1v) is 5.02. The van der Waals surface area contributed by atoms with Gasteiger partial charge in [-0.05, 0) is 20.8 Å². The molecule has 0 aromatic heterocycles. The van der Waals surface area contributed by atoms with Gasteiger partial charge in [0.25, 0.3) is 0 Å². The van der Waals surface area contributed by atoms with Crippen LogP contribution in [0.5, 0.6) is 0 Å². The van der Waals surface area contributed by atoms with Gasteiger partial charge in [-0.25, -0.2) is 5.01 Å². The lowest BCUT2D eigenvalue weighted by atomic mass is 9.97. The lowest BCUT2D eigenvalue weighted by Crippen LogP contribution is -2.33. The van der Waals surface area contributed by atoms with Gasteiger partial charge >= 0.3 is 5.97 Å². The van der Waals surface area contributed by atoms with E-state index in [0.29, 0.717) is 13.1 Å². The molecule has 2 N–H and O–H groups in total. The van der Waals surface area contributed by atoms with Crippen molar-refractivity contribution in [2.75, 3.05) is 13.1 Å². The molecule has 0 aliphatic carbocycles. The van der Waals surface area contributed by atoms with Crippen molar-refractivity contribution in [1.82, 2.24) is 5.01 Å². The predicted molar refractivity (Wildman–Crippen MR) is 57.4 cm³/mol. The Morgan fingerprint density at radius 1 is 1.53 bits per heavy atom. The number of carbonyl (C=O) groups excluding carboxylic acids is 1. The van der Waals surface area contributed by atoms with E-state index in [4.69, 9.17) is 17.0 Å². The van der Waals surface area contributed by atoms with Crippen LogP contribution in [0.3, 0.4) is 0 Å². The van der Waals surface area contributed by atoms with Crippen LogP contribution in [0.4, 0.5) is 0 Å². The lowest BCUT2D eigenvalue weighted by molar-refractivity contribution is -0.160. The highest BCUT2D eigenvalue weighted by molar-refractivity contribution is 5.74.